The van der Waals surface area contributed by atoms with Crippen molar-refractivity contribution in [1.82, 2.24) is 4.90 Å². The molecule has 1 unspecified atom stereocenters. The molecule has 1 rings (SSSR count). The lowest BCUT2D eigenvalue weighted by atomic mass is 9.89. The Morgan fingerprint density at radius 2 is 1.71 bits per heavy atom. The summed E-state index contributed by atoms with van der Waals surface area (Å²) in [6.07, 6.45) is 1.74. The summed E-state index contributed by atoms with van der Waals surface area (Å²) in [5, 5.41) is 9.71. The number of hydrogen-bond acceptors (Lipinski definition) is 3. The lowest BCUT2D eigenvalue weighted by molar-refractivity contribution is -0.139. The van der Waals surface area contributed by atoms with Crippen LogP contribution in [0.5, 0.6) is 0 Å². The minimum absolute atomic E-state index is 0.0637. The second-order valence-corrected chi connectivity index (χ2v) is 4.50. The van der Waals surface area contributed by atoms with Gasteiger partial charge in [0.05, 0.1) is 12.6 Å². The molecular weight excluding hydrogens is 182 g/mol. The molecule has 4 heteroatoms. The Morgan fingerprint density at radius 1 is 1.29 bits per heavy atom. The first-order valence-corrected chi connectivity index (χ1v) is 4.54. The second-order valence-electron chi connectivity index (χ2n) is 4.50. The number of imide groups is 1. The van der Waals surface area contributed by atoms with Crippen LogP contribution in [-0.4, -0.2) is 34.5 Å². The van der Waals surface area contributed by atoms with E-state index in [0.29, 0.717) is 0 Å². The minimum Gasteiger partial charge on any atom is -0.391 e. The Labute approximate surface area is 83.2 Å². The van der Waals surface area contributed by atoms with Crippen LogP contribution in [0, 0.1) is 5.41 Å². The number of aliphatic hydroxyl groups excluding tert-OH is 1. The maximum atomic E-state index is 11.2. The lowest BCUT2D eigenvalue weighted by Gasteiger charge is -2.28. The van der Waals surface area contributed by atoms with Gasteiger partial charge >= 0.3 is 0 Å². The fourth-order valence-electron chi connectivity index (χ4n) is 1.06. The highest BCUT2D eigenvalue weighted by atomic mass is 16.3. The molecule has 0 aromatic heterocycles. The Morgan fingerprint density at radius 3 is 2.07 bits per heavy atom. The second kappa shape index (κ2) is 3.53. The topological polar surface area (TPSA) is 57.6 Å². The summed E-state index contributed by atoms with van der Waals surface area (Å²) in [4.78, 5) is 23.4. The van der Waals surface area contributed by atoms with Crippen molar-refractivity contribution in [3.63, 3.8) is 0 Å². The van der Waals surface area contributed by atoms with Crippen molar-refractivity contribution in [3.8, 4) is 0 Å². The van der Waals surface area contributed by atoms with Gasteiger partial charge in [0.2, 0.25) is 0 Å². The van der Waals surface area contributed by atoms with Crippen molar-refractivity contribution in [2.75, 3.05) is 6.54 Å². The summed E-state index contributed by atoms with van der Waals surface area (Å²) >= 11 is 0. The zero-order chi connectivity index (χ0) is 10.9. The molecule has 1 aliphatic heterocycles. The van der Waals surface area contributed by atoms with Crippen LogP contribution in [0.2, 0.25) is 0 Å². The summed E-state index contributed by atoms with van der Waals surface area (Å²) in [6.45, 7) is 5.64. The van der Waals surface area contributed by atoms with Gasteiger partial charge in [-0.15, -0.1) is 0 Å². The first kappa shape index (κ1) is 10.9. The molecule has 1 atom stereocenters. The number of amides is 2. The molecule has 0 saturated heterocycles. The lowest BCUT2D eigenvalue weighted by Crippen LogP contribution is -2.42. The normalized spacial score (nSPS) is 19.3. The molecule has 1 heterocycles. The van der Waals surface area contributed by atoms with Gasteiger partial charge in [-0.25, -0.2) is 0 Å². The third kappa shape index (κ3) is 2.20. The van der Waals surface area contributed by atoms with Gasteiger partial charge in [-0.05, 0) is 5.41 Å². The number of nitrogens with zero attached hydrogens (tertiary/aromatic N) is 1. The fourth-order valence-corrected chi connectivity index (χ4v) is 1.06. The average Bonchev–Trinajstić information content (AvgIpc) is 2.34. The molecule has 0 spiro atoms. The van der Waals surface area contributed by atoms with Gasteiger partial charge in [0, 0.05) is 12.2 Å². The zero-order valence-electron chi connectivity index (χ0n) is 8.65. The van der Waals surface area contributed by atoms with Gasteiger partial charge in [-0.1, -0.05) is 20.8 Å². The van der Waals surface area contributed by atoms with Crippen molar-refractivity contribution in [3.05, 3.63) is 12.2 Å². The van der Waals surface area contributed by atoms with E-state index in [0.717, 1.165) is 4.90 Å². The maximum absolute atomic E-state index is 11.2. The predicted molar refractivity (Wildman–Crippen MR) is 51.3 cm³/mol. The van der Waals surface area contributed by atoms with E-state index >= 15 is 0 Å². The quantitative estimate of drug-likeness (QED) is 0.648. The van der Waals surface area contributed by atoms with E-state index in [2.05, 4.69) is 0 Å². The fraction of sp³-hybridized carbons (Fsp3) is 0.600. The van der Waals surface area contributed by atoms with Crippen molar-refractivity contribution in [2.45, 2.75) is 26.9 Å². The van der Waals surface area contributed by atoms with E-state index in [1.807, 2.05) is 20.8 Å². The predicted octanol–water partition coefficient (Wildman–Crippen LogP) is 0.318. The van der Waals surface area contributed by atoms with E-state index in [1.165, 1.54) is 12.2 Å². The highest BCUT2D eigenvalue weighted by Gasteiger charge is 2.30. The van der Waals surface area contributed by atoms with Crippen LogP contribution in [0.1, 0.15) is 20.8 Å². The minimum atomic E-state index is -0.699. The van der Waals surface area contributed by atoms with E-state index in [1.54, 1.807) is 0 Å². The summed E-state index contributed by atoms with van der Waals surface area (Å²) in [5.74, 6) is -0.698. The number of carbonyl (C=O) groups is 2. The van der Waals surface area contributed by atoms with E-state index in [9.17, 15) is 14.7 Å². The van der Waals surface area contributed by atoms with Gasteiger partial charge < -0.3 is 5.11 Å². The Hall–Kier alpha value is -1.16. The Balaban J connectivity index is 2.62. The molecule has 0 fully saturated rings. The van der Waals surface area contributed by atoms with Crippen molar-refractivity contribution in [1.29, 1.82) is 0 Å². The van der Waals surface area contributed by atoms with Crippen molar-refractivity contribution >= 4 is 11.8 Å². The highest BCUT2D eigenvalue weighted by Crippen LogP contribution is 2.20. The van der Waals surface area contributed by atoms with E-state index in [-0.39, 0.29) is 23.8 Å². The molecule has 0 aliphatic carbocycles. The van der Waals surface area contributed by atoms with E-state index < -0.39 is 6.10 Å². The van der Waals surface area contributed by atoms with Crippen molar-refractivity contribution < 1.29 is 14.7 Å². The first-order valence-electron chi connectivity index (χ1n) is 4.54. The van der Waals surface area contributed by atoms with Crippen molar-refractivity contribution in [2.24, 2.45) is 5.41 Å². The van der Waals surface area contributed by atoms with Crippen LogP contribution in [0.15, 0.2) is 12.2 Å². The van der Waals surface area contributed by atoms with Crippen LogP contribution >= 0.6 is 0 Å². The number of carbonyl (C=O) groups excluding carboxylic acids is 2. The molecule has 0 saturated carbocycles. The molecule has 1 aliphatic rings. The monoisotopic (exact) mass is 197 g/mol. The molecular formula is C10H15NO3. The van der Waals surface area contributed by atoms with Crippen LogP contribution in [-0.2, 0) is 9.59 Å². The zero-order valence-corrected chi connectivity index (χ0v) is 8.65. The van der Waals surface area contributed by atoms with Gasteiger partial charge in [-0.3, -0.25) is 14.5 Å². The molecule has 0 radical (unpaired) electrons. The molecule has 1 N–H and O–H groups in total. The van der Waals surface area contributed by atoms with E-state index in [4.69, 9.17) is 0 Å². The van der Waals surface area contributed by atoms with Crippen LogP contribution in [0.25, 0.3) is 0 Å². The smallest absolute Gasteiger partial charge is 0.253 e. The van der Waals surface area contributed by atoms with Gasteiger partial charge in [0.25, 0.3) is 11.8 Å². The molecule has 0 aromatic rings. The van der Waals surface area contributed by atoms with Crippen LogP contribution < -0.4 is 0 Å². The SMILES string of the molecule is CC(C)(C)C(O)CN1C(=O)C=CC1=O. The highest BCUT2D eigenvalue weighted by molar-refractivity contribution is 6.12. The number of β-amino-alcohol motifs (C(OH)–C–C–N with tert-alkyl or cyclic N) is 1. The number of rotatable bonds is 2. The molecule has 14 heavy (non-hydrogen) atoms. The van der Waals surface area contributed by atoms with Crippen LogP contribution in [0.3, 0.4) is 0 Å². The van der Waals surface area contributed by atoms with Gasteiger partial charge in [-0.2, -0.15) is 0 Å². The summed E-state index contributed by atoms with van der Waals surface area (Å²) in [6, 6.07) is 0. The Bertz CT molecular complexity index is 270. The third-order valence-electron chi connectivity index (χ3n) is 2.26. The maximum Gasteiger partial charge on any atom is 0.253 e. The summed E-state index contributed by atoms with van der Waals surface area (Å²) in [5.41, 5.74) is -0.330. The summed E-state index contributed by atoms with van der Waals surface area (Å²) in [7, 11) is 0. The number of aliphatic hydroxyl groups is 1. The standard InChI is InChI=1S/C10H15NO3/c1-10(2,3)7(12)6-11-8(13)4-5-9(11)14/h4-5,7,12H,6H2,1-3H3. The number of hydrogen-bond donors (Lipinski definition) is 1. The largest absolute Gasteiger partial charge is 0.391 e. The third-order valence-corrected chi connectivity index (χ3v) is 2.26. The molecule has 0 aromatic carbocycles. The van der Waals surface area contributed by atoms with Crippen LogP contribution in [0.4, 0.5) is 0 Å². The molecule has 2 amide bonds. The van der Waals surface area contributed by atoms with Gasteiger partial charge in [0.1, 0.15) is 0 Å². The molecule has 0 bridgehead atoms. The Kier molecular flexibility index (Phi) is 2.76. The van der Waals surface area contributed by atoms with Gasteiger partial charge in [0.15, 0.2) is 0 Å². The average molecular weight is 197 g/mol. The molecule has 4 nitrogen and oxygen atoms in total. The molecule has 78 valence electrons. The summed E-state index contributed by atoms with van der Waals surface area (Å²) < 4.78 is 0. The first-order chi connectivity index (χ1) is 6.32.